The molecule has 0 aliphatic carbocycles. The van der Waals surface area contributed by atoms with Gasteiger partial charge in [0.25, 0.3) is 0 Å². The van der Waals surface area contributed by atoms with Crippen LogP contribution in [0.5, 0.6) is 0 Å². The minimum absolute atomic E-state index is 1.28. The lowest BCUT2D eigenvalue weighted by Gasteiger charge is -2.04. The molecule has 2 aromatic rings. The maximum Gasteiger partial charge on any atom is -0.0103 e. The summed E-state index contributed by atoms with van der Waals surface area (Å²) in [7, 11) is 1.47. The molecule has 1 heteroatoms. The minimum Gasteiger partial charge on any atom is -0.0654 e. The molecular weight excluding hydrogens is 199 g/mol. The molecule has 0 fully saturated rings. The van der Waals surface area contributed by atoms with Crippen molar-refractivity contribution in [1.29, 1.82) is 0 Å². The van der Waals surface area contributed by atoms with Gasteiger partial charge in [-0.3, -0.25) is 0 Å². The van der Waals surface area contributed by atoms with Gasteiger partial charge in [0.15, 0.2) is 0 Å². The van der Waals surface area contributed by atoms with Gasteiger partial charge in [-0.1, -0.05) is 55.8 Å². The molecule has 1 radical (unpaired) electrons. The van der Waals surface area contributed by atoms with Crippen molar-refractivity contribution in [2.24, 2.45) is 0 Å². The van der Waals surface area contributed by atoms with Gasteiger partial charge in [0, 0.05) is 0 Å². The lowest BCUT2D eigenvalue weighted by atomic mass is 10.1. The highest BCUT2D eigenvalue weighted by Crippen LogP contribution is 2.20. The second kappa shape index (κ2) is 5.28. The summed E-state index contributed by atoms with van der Waals surface area (Å²) in [4.78, 5) is 0. The van der Waals surface area contributed by atoms with Crippen LogP contribution in [-0.4, -0.2) is 6.16 Å². The van der Waals surface area contributed by atoms with Crippen molar-refractivity contribution in [3.8, 4) is 0 Å². The minimum atomic E-state index is 1.28. The van der Waals surface area contributed by atoms with Crippen molar-refractivity contribution in [3.05, 3.63) is 42.5 Å². The van der Waals surface area contributed by atoms with Crippen LogP contribution in [0.1, 0.15) is 19.8 Å². The Balaban J connectivity index is 2.26. The van der Waals surface area contributed by atoms with E-state index >= 15 is 0 Å². The topological polar surface area (TPSA) is 0 Å². The molecule has 0 aromatic heterocycles. The summed E-state index contributed by atoms with van der Waals surface area (Å²) in [5.41, 5.74) is 0. The monoisotopic (exact) mass is 215 g/mol. The van der Waals surface area contributed by atoms with E-state index in [0.717, 1.165) is 0 Å². The first kappa shape index (κ1) is 10.6. The van der Waals surface area contributed by atoms with Crippen LogP contribution in [-0.2, 0) is 0 Å². The number of fused-ring (bicyclic) bond motifs is 1. The molecule has 15 heavy (non-hydrogen) atoms. The highest BCUT2D eigenvalue weighted by atomic mass is 31.1. The zero-order valence-corrected chi connectivity index (χ0v) is 10.0. The van der Waals surface area contributed by atoms with E-state index in [0.29, 0.717) is 0 Å². The van der Waals surface area contributed by atoms with Crippen LogP contribution in [0.4, 0.5) is 0 Å². The van der Waals surface area contributed by atoms with Crippen molar-refractivity contribution in [1.82, 2.24) is 0 Å². The summed E-state index contributed by atoms with van der Waals surface area (Å²) >= 11 is 0. The lowest BCUT2D eigenvalue weighted by molar-refractivity contribution is 0.895. The maximum atomic E-state index is 2.25. The molecule has 0 aliphatic heterocycles. The van der Waals surface area contributed by atoms with Crippen LogP contribution >= 0.6 is 8.58 Å². The Morgan fingerprint density at radius 3 is 2.67 bits per heavy atom. The first-order chi connectivity index (χ1) is 7.42. The first-order valence-corrected chi connectivity index (χ1v) is 6.65. The van der Waals surface area contributed by atoms with Crippen molar-refractivity contribution in [3.63, 3.8) is 0 Å². The molecule has 0 saturated carbocycles. The summed E-state index contributed by atoms with van der Waals surface area (Å²) in [6.45, 7) is 2.25. The van der Waals surface area contributed by atoms with Crippen LogP contribution in [0.15, 0.2) is 42.5 Å². The van der Waals surface area contributed by atoms with Crippen LogP contribution < -0.4 is 5.30 Å². The molecule has 0 amide bonds. The molecular formula is C14H16P. The Morgan fingerprint density at radius 1 is 1.00 bits per heavy atom. The highest BCUT2D eigenvalue weighted by Gasteiger charge is 1.99. The molecule has 0 aliphatic rings. The Morgan fingerprint density at radius 2 is 1.80 bits per heavy atom. The highest BCUT2D eigenvalue weighted by molar-refractivity contribution is 7.47. The van der Waals surface area contributed by atoms with Gasteiger partial charge in [-0.25, -0.2) is 0 Å². The third-order valence-corrected chi connectivity index (χ3v) is 3.83. The number of unbranched alkanes of at least 4 members (excludes halogenated alkanes) is 1. The predicted octanol–water partition coefficient (Wildman–Crippen LogP) is 4.21. The van der Waals surface area contributed by atoms with Crippen LogP contribution in [0, 0.1) is 0 Å². The SMILES string of the molecule is CCCC[P]c1cccc2ccccc12. The van der Waals surface area contributed by atoms with Crippen molar-refractivity contribution < 1.29 is 0 Å². The average Bonchev–Trinajstić information content (AvgIpc) is 2.30. The van der Waals surface area contributed by atoms with E-state index in [1.165, 1.54) is 43.7 Å². The number of rotatable bonds is 4. The normalized spacial score (nSPS) is 11.5. The molecule has 0 bridgehead atoms. The Labute approximate surface area is 93.5 Å². The fourth-order valence-electron chi connectivity index (χ4n) is 1.70. The van der Waals surface area contributed by atoms with Gasteiger partial charge >= 0.3 is 0 Å². The molecule has 0 heterocycles. The fraction of sp³-hybridized carbons (Fsp3) is 0.286. The van der Waals surface area contributed by atoms with E-state index in [1.807, 2.05) is 0 Å². The van der Waals surface area contributed by atoms with Crippen molar-refractivity contribution >= 4 is 24.7 Å². The van der Waals surface area contributed by atoms with E-state index in [4.69, 9.17) is 0 Å². The van der Waals surface area contributed by atoms with Gasteiger partial charge < -0.3 is 0 Å². The second-order valence-corrected chi connectivity index (χ2v) is 4.98. The van der Waals surface area contributed by atoms with E-state index in [2.05, 4.69) is 49.4 Å². The molecule has 0 spiro atoms. The van der Waals surface area contributed by atoms with Crippen LogP contribution in [0.3, 0.4) is 0 Å². The largest absolute Gasteiger partial charge is 0.0654 e. The average molecular weight is 215 g/mol. The molecule has 0 atom stereocenters. The molecule has 0 saturated heterocycles. The van der Waals surface area contributed by atoms with Crippen molar-refractivity contribution in [2.75, 3.05) is 6.16 Å². The third kappa shape index (κ3) is 2.58. The quantitative estimate of drug-likeness (QED) is 0.529. The fourth-order valence-corrected chi connectivity index (χ4v) is 2.98. The Hall–Kier alpha value is -0.870. The van der Waals surface area contributed by atoms with E-state index in [9.17, 15) is 0 Å². The van der Waals surface area contributed by atoms with Crippen LogP contribution in [0.25, 0.3) is 10.8 Å². The molecule has 0 nitrogen and oxygen atoms in total. The summed E-state index contributed by atoms with van der Waals surface area (Å²) in [5, 5.41) is 4.25. The van der Waals surface area contributed by atoms with Gasteiger partial charge in [0.2, 0.25) is 0 Å². The number of hydrogen-bond donors (Lipinski definition) is 0. The van der Waals surface area contributed by atoms with Gasteiger partial charge in [-0.15, -0.1) is 0 Å². The number of benzene rings is 2. The van der Waals surface area contributed by atoms with E-state index in [1.54, 1.807) is 0 Å². The van der Waals surface area contributed by atoms with E-state index in [-0.39, 0.29) is 0 Å². The Bertz CT molecular complexity index is 429. The summed E-state index contributed by atoms with van der Waals surface area (Å²) in [6, 6.07) is 15.2. The van der Waals surface area contributed by atoms with Gasteiger partial charge in [0.1, 0.15) is 0 Å². The van der Waals surface area contributed by atoms with Crippen molar-refractivity contribution in [2.45, 2.75) is 19.8 Å². The molecule has 2 rings (SSSR count). The third-order valence-electron chi connectivity index (χ3n) is 2.56. The molecule has 77 valence electrons. The lowest BCUT2D eigenvalue weighted by Crippen LogP contribution is -1.97. The van der Waals surface area contributed by atoms with Crippen LogP contribution in [0.2, 0.25) is 0 Å². The van der Waals surface area contributed by atoms with Gasteiger partial charge in [0.05, 0.1) is 0 Å². The smallest absolute Gasteiger partial charge is 0.0103 e. The standard InChI is InChI=1S/C14H16P/c1-2-3-11-15-14-10-6-8-12-7-4-5-9-13(12)14/h4-10H,2-3,11H2,1H3. The zero-order valence-electron chi connectivity index (χ0n) is 9.11. The Kier molecular flexibility index (Phi) is 3.75. The predicted molar refractivity (Wildman–Crippen MR) is 70.3 cm³/mol. The summed E-state index contributed by atoms with van der Waals surface area (Å²) in [6.07, 6.45) is 3.90. The summed E-state index contributed by atoms with van der Waals surface area (Å²) < 4.78 is 0. The maximum absolute atomic E-state index is 2.25. The second-order valence-electron chi connectivity index (χ2n) is 3.73. The number of hydrogen-bond acceptors (Lipinski definition) is 0. The summed E-state index contributed by atoms with van der Waals surface area (Å²) in [5.74, 6) is 0. The first-order valence-electron chi connectivity index (χ1n) is 5.57. The molecule has 0 N–H and O–H groups in total. The zero-order chi connectivity index (χ0) is 10.5. The van der Waals surface area contributed by atoms with Gasteiger partial charge in [-0.05, 0) is 37.2 Å². The molecule has 0 unspecified atom stereocenters. The molecule has 2 aromatic carbocycles. The van der Waals surface area contributed by atoms with E-state index < -0.39 is 0 Å². The van der Waals surface area contributed by atoms with Gasteiger partial charge in [-0.2, -0.15) is 0 Å².